The van der Waals surface area contributed by atoms with Crippen LogP contribution in [0.2, 0.25) is 0 Å². The molecule has 1 aromatic heterocycles. The zero-order valence-corrected chi connectivity index (χ0v) is 47.6. The summed E-state index contributed by atoms with van der Waals surface area (Å²) in [4.78, 5) is 0. The van der Waals surface area contributed by atoms with Crippen LogP contribution in [0.5, 0.6) is 0 Å². The van der Waals surface area contributed by atoms with Crippen molar-refractivity contribution in [2.24, 2.45) is 0 Å². The first kappa shape index (κ1) is 49.8. The molecule has 86 heavy (non-hydrogen) atoms. The van der Waals surface area contributed by atoms with Gasteiger partial charge < -0.3 is 4.57 Å². The minimum atomic E-state index is 1.05. The van der Waals surface area contributed by atoms with Crippen LogP contribution in [0.25, 0.3) is 162 Å². The molecule has 0 atom stereocenters. The van der Waals surface area contributed by atoms with Crippen LogP contribution in [-0.2, 0) is 12.8 Å². The largest absolute Gasteiger partial charge is 0.309 e. The van der Waals surface area contributed by atoms with E-state index in [1.807, 2.05) is 6.08 Å². The number of rotatable bonds is 8. The second kappa shape index (κ2) is 20.5. The summed E-state index contributed by atoms with van der Waals surface area (Å²) >= 11 is 0. The molecule has 402 valence electrons. The van der Waals surface area contributed by atoms with Crippen molar-refractivity contribution in [2.75, 3.05) is 0 Å². The molecule has 1 heterocycles. The van der Waals surface area contributed by atoms with Gasteiger partial charge in [0.15, 0.2) is 0 Å². The van der Waals surface area contributed by atoms with Crippen molar-refractivity contribution in [2.45, 2.75) is 25.7 Å². The lowest BCUT2D eigenvalue weighted by Crippen LogP contribution is -2.02. The Morgan fingerprint density at radius 1 is 0.302 bits per heavy atom. The van der Waals surface area contributed by atoms with Crippen molar-refractivity contribution in [1.29, 1.82) is 0 Å². The van der Waals surface area contributed by atoms with Gasteiger partial charge in [0, 0.05) is 16.5 Å². The summed E-state index contributed by atoms with van der Waals surface area (Å²) in [5.74, 6) is 0. The van der Waals surface area contributed by atoms with Gasteiger partial charge in [-0.15, -0.1) is 5.73 Å². The number of nitrogens with zero attached hydrogens (tertiary/aromatic N) is 1. The van der Waals surface area contributed by atoms with Crippen molar-refractivity contribution in [3.8, 4) is 83.6 Å². The third kappa shape index (κ3) is 8.47. The van der Waals surface area contributed by atoms with Crippen molar-refractivity contribution < 1.29 is 0 Å². The normalized spacial score (nSPS) is 13.2. The molecule has 17 rings (SSSR count). The van der Waals surface area contributed by atoms with Crippen LogP contribution in [0, 0.1) is 0 Å². The fraction of sp³-hybridized carbons (Fsp3) is 0.0471. The molecule has 0 bridgehead atoms. The molecule has 0 amide bonds. The summed E-state index contributed by atoms with van der Waals surface area (Å²) < 4.78 is 2.45. The van der Waals surface area contributed by atoms with Gasteiger partial charge in [-0.05, 0) is 236 Å². The van der Waals surface area contributed by atoms with E-state index >= 15 is 0 Å². The van der Waals surface area contributed by atoms with Crippen LogP contribution in [0.15, 0.2) is 279 Å². The van der Waals surface area contributed by atoms with E-state index in [4.69, 9.17) is 0 Å². The predicted octanol–water partition coefficient (Wildman–Crippen LogP) is 23.0. The zero-order valence-electron chi connectivity index (χ0n) is 47.6. The fourth-order valence-corrected chi connectivity index (χ4v) is 14.3. The molecule has 0 unspecified atom stereocenters. The average Bonchev–Trinajstić information content (AvgIpc) is 2.17. The molecule has 0 radical (unpaired) electrons. The van der Waals surface area contributed by atoms with Crippen molar-refractivity contribution >= 4 is 78.4 Å². The van der Waals surface area contributed by atoms with E-state index in [9.17, 15) is 0 Å². The second-order valence-electron chi connectivity index (χ2n) is 23.4. The highest BCUT2D eigenvalue weighted by Gasteiger charge is 2.21. The number of hydrogen-bond acceptors (Lipinski definition) is 0. The number of allylic oxidation sites excluding steroid dienone is 4. The lowest BCUT2D eigenvalue weighted by molar-refractivity contribution is 0.982. The third-order valence-electron chi connectivity index (χ3n) is 18.6. The molecule has 1 heteroatoms. The summed E-state index contributed by atoms with van der Waals surface area (Å²) in [5.41, 5.74) is 32.1. The van der Waals surface area contributed by atoms with Gasteiger partial charge in [0.25, 0.3) is 0 Å². The second-order valence-corrected chi connectivity index (χ2v) is 23.4. The topological polar surface area (TPSA) is 4.93 Å². The number of hydrogen-bond donors (Lipinski definition) is 0. The maximum atomic E-state index is 3.35. The van der Waals surface area contributed by atoms with E-state index in [0.29, 0.717) is 0 Å². The molecule has 0 fully saturated rings. The van der Waals surface area contributed by atoms with E-state index in [1.54, 1.807) is 0 Å². The molecule has 1 nitrogen and oxygen atoms in total. The molecule has 3 aliphatic rings. The number of aromatic nitrogens is 1. The molecule has 0 saturated heterocycles. The Hall–Kier alpha value is -10.8. The number of aryl methyl sites for hydroxylation is 1. The Labute approximate surface area is 501 Å². The van der Waals surface area contributed by atoms with E-state index in [1.165, 1.54) is 165 Å². The lowest BCUT2D eigenvalue weighted by atomic mass is 9.83. The van der Waals surface area contributed by atoms with Gasteiger partial charge in [-0.3, -0.25) is 0 Å². The van der Waals surface area contributed by atoms with Crippen LogP contribution in [0.3, 0.4) is 0 Å². The highest BCUT2D eigenvalue weighted by Crippen LogP contribution is 2.43. The first-order valence-corrected chi connectivity index (χ1v) is 30.3. The standard InChI is InChI=1S/C85H57N/c1-2-14-66-52-79(76-23-11-8-20-73(76)70(66)17-3-1)61-38-34-57(35-39-61)55-26-30-59(31-27-55)64-44-48-84-82(50-64)83-51-65(45-49-85(83)86(84)69-46-42-63(43-47-69)81-54-68-16-5-7-19-72(68)75-22-10-13-25-78(75)81)60-32-28-56(29-33-60)58-36-40-62(41-37-58)80-53-67-15-4-6-18-71(67)74-21-9-12-24-77(74)80/h1-2,4-7,10-19,22-54H,8-9,20-21H2. The van der Waals surface area contributed by atoms with Crippen LogP contribution in [0.4, 0.5) is 0 Å². The highest BCUT2D eigenvalue weighted by atomic mass is 15.0. The molecule has 0 saturated carbocycles. The smallest absolute Gasteiger partial charge is 0.0541 e. The molecule has 0 spiro atoms. The van der Waals surface area contributed by atoms with E-state index in [0.717, 1.165) is 31.4 Å². The van der Waals surface area contributed by atoms with E-state index in [-0.39, 0.29) is 0 Å². The maximum absolute atomic E-state index is 3.35. The molecule has 13 aromatic carbocycles. The Bertz CT molecular complexity index is 5250. The third-order valence-corrected chi connectivity index (χ3v) is 18.6. The maximum Gasteiger partial charge on any atom is 0.0541 e. The first-order valence-electron chi connectivity index (χ1n) is 30.3. The van der Waals surface area contributed by atoms with E-state index in [2.05, 4.69) is 302 Å². The summed E-state index contributed by atoms with van der Waals surface area (Å²) in [6, 6.07) is 93.3. The fourth-order valence-electron chi connectivity index (χ4n) is 14.3. The van der Waals surface area contributed by atoms with Crippen LogP contribution >= 0.6 is 0 Å². The van der Waals surface area contributed by atoms with Gasteiger partial charge in [-0.25, -0.2) is 0 Å². The van der Waals surface area contributed by atoms with Gasteiger partial charge in [0.05, 0.1) is 11.0 Å². The molecular formula is C85H57N. The molecule has 3 aliphatic carbocycles. The number of benzene rings is 13. The predicted molar refractivity (Wildman–Crippen MR) is 368 cm³/mol. The van der Waals surface area contributed by atoms with Gasteiger partial charge in [-0.1, -0.05) is 231 Å². The van der Waals surface area contributed by atoms with Crippen LogP contribution in [-0.4, -0.2) is 4.57 Å². The van der Waals surface area contributed by atoms with Crippen molar-refractivity contribution in [3.05, 3.63) is 312 Å². The number of fused-ring (bicyclic) bond motifs is 12. The molecule has 14 aromatic rings. The van der Waals surface area contributed by atoms with Crippen molar-refractivity contribution in [3.63, 3.8) is 0 Å². The molecular weight excluding hydrogens is 1030 g/mol. The van der Waals surface area contributed by atoms with Gasteiger partial charge in [0.2, 0.25) is 0 Å². The summed E-state index contributed by atoms with van der Waals surface area (Å²) in [6.07, 6.45) is 22.1. The monoisotopic (exact) mass is 1090 g/mol. The van der Waals surface area contributed by atoms with Gasteiger partial charge in [-0.2, -0.15) is 0 Å². The highest BCUT2D eigenvalue weighted by molar-refractivity contribution is 6.14. The minimum absolute atomic E-state index is 1.05. The molecule has 0 aliphatic heterocycles. The minimum Gasteiger partial charge on any atom is -0.309 e. The van der Waals surface area contributed by atoms with Crippen LogP contribution in [0.1, 0.15) is 46.2 Å². The summed E-state index contributed by atoms with van der Waals surface area (Å²) in [5, 5.41) is 10.2. The lowest BCUT2D eigenvalue weighted by Gasteiger charge is -2.20. The van der Waals surface area contributed by atoms with Gasteiger partial charge in [0.1, 0.15) is 0 Å². The first-order chi connectivity index (χ1) is 42.6. The summed E-state index contributed by atoms with van der Waals surface area (Å²) in [6.45, 7) is 0. The van der Waals surface area contributed by atoms with Crippen LogP contribution < -0.4 is 0 Å². The summed E-state index contributed by atoms with van der Waals surface area (Å²) in [7, 11) is 0. The van der Waals surface area contributed by atoms with E-state index < -0.39 is 0 Å². The zero-order chi connectivity index (χ0) is 56.7. The van der Waals surface area contributed by atoms with Crippen molar-refractivity contribution in [1.82, 2.24) is 4.57 Å². The average molecular weight is 1090 g/mol. The molecule has 0 N–H and O–H groups in total. The van der Waals surface area contributed by atoms with Gasteiger partial charge >= 0.3 is 0 Å². The Morgan fingerprint density at radius 3 is 1.33 bits per heavy atom. The Balaban J connectivity index is 0.715. The SMILES string of the molecule is C1=CC=Cc2cc(-c3ccc(-c4ccc(-c5ccc6c(c5)c5cc(-c7ccc(-c8ccc(-c9cc%10ccccc%10c%10c9C=CCC%10)cc8)cc7)ccc5n6-c5ccc(-c6cc7ccccc7c7ccccc67)cc5)cc4)cc3)c3c(c2C=1)CCC=C3. The quantitative estimate of drug-likeness (QED) is 0.106. The Kier molecular flexibility index (Phi) is 11.9. The Morgan fingerprint density at radius 2 is 0.733 bits per heavy atom.